The molecule has 0 aliphatic rings. The number of hydrogen-bond acceptors (Lipinski definition) is 5. The van der Waals surface area contributed by atoms with Crippen molar-refractivity contribution in [1.29, 1.82) is 0 Å². The summed E-state index contributed by atoms with van der Waals surface area (Å²) in [4.78, 5) is 4.09. The second-order valence-corrected chi connectivity index (χ2v) is 7.99. The topological polar surface area (TPSA) is 94.7 Å². The number of sulfonamides is 1. The van der Waals surface area contributed by atoms with Gasteiger partial charge in [-0.25, -0.2) is 17.8 Å². The Morgan fingerprint density at radius 1 is 1.23 bits per heavy atom. The summed E-state index contributed by atoms with van der Waals surface area (Å²) in [6, 6.07) is 5.22. The highest BCUT2D eigenvalue weighted by Crippen LogP contribution is 2.23. The highest BCUT2D eigenvalue weighted by Gasteiger charge is 2.22. The van der Waals surface area contributed by atoms with Crippen LogP contribution in [-0.4, -0.2) is 33.0 Å². The van der Waals surface area contributed by atoms with E-state index in [1.807, 2.05) is 13.0 Å². The number of nitrogens with one attached hydrogen (secondary N) is 1. The molecule has 0 aliphatic carbocycles. The van der Waals surface area contributed by atoms with E-state index in [1.54, 1.807) is 23.7 Å². The van der Waals surface area contributed by atoms with Gasteiger partial charge < -0.3 is 0 Å². The van der Waals surface area contributed by atoms with Crippen LogP contribution in [-0.2, 0) is 23.1 Å². The average Bonchev–Trinajstić information content (AvgIpc) is 3.17. The van der Waals surface area contributed by atoms with E-state index in [4.69, 9.17) is 23.2 Å². The molecule has 3 rings (SSSR count). The smallest absolute Gasteiger partial charge is 0.267 e. The van der Waals surface area contributed by atoms with Gasteiger partial charge in [-0.15, -0.1) is 5.10 Å². The van der Waals surface area contributed by atoms with Crippen molar-refractivity contribution in [1.82, 2.24) is 24.5 Å². The largest absolute Gasteiger partial charge is 0.269 e. The molecule has 3 aromatic rings. The fourth-order valence-corrected chi connectivity index (χ4v) is 3.87. The Morgan fingerprint density at radius 3 is 2.65 bits per heavy atom. The van der Waals surface area contributed by atoms with E-state index in [9.17, 15) is 8.42 Å². The molecule has 8 nitrogen and oxygen atoms in total. The molecule has 1 N–H and O–H groups in total. The van der Waals surface area contributed by atoms with Gasteiger partial charge in [-0.2, -0.15) is 10.1 Å². The van der Waals surface area contributed by atoms with Crippen LogP contribution in [0, 0.1) is 6.92 Å². The third kappa shape index (κ3) is 3.84. The van der Waals surface area contributed by atoms with Crippen LogP contribution in [0.15, 0.2) is 35.6 Å². The normalized spacial score (nSPS) is 11.7. The predicted octanol–water partition coefficient (Wildman–Crippen LogP) is 2.96. The lowest BCUT2D eigenvalue weighted by atomic mass is 10.2. The Balaban J connectivity index is 1.77. The fourth-order valence-electron chi connectivity index (χ4n) is 2.43. The van der Waals surface area contributed by atoms with Crippen LogP contribution in [0.2, 0.25) is 10.0 Å². The molecular formula is C15H16Cl2N6O2S. The molecule has 11 heteroatoms. The third-order valence-electron chi connectivity index (χ3n) is 3.74. The zero-order chi connectivity index (χ0) is 18.9. The lowest BCUT2D eigenvalue weighted by molar-refractivity contribution is 0.597. The molecule has 0 atom stereocenters. The van der Waals surface area contributed by atoms with Gasteiger partial charge in [0, 0.05) is 6.54 Å². The molecule has 0 bridgehead atoms. The lowest BCUT2D eigenvalue weighted by Crippen LogP contribution is -2.15. The maximum atomic E-state index is 12.5. The average molecular weight is 415 g/mol. The van der Waals surface area contributed by atoms with Crippen LogP contribution < -0.4 is 4.72 Å². The van der Waals surface area contributed by atoms with Crippen LogP contribution in [0.3, 0.4) is 0 Å². The van der Waals surface area contributed by atoms with Crippen molar-refractivity contribution in [3.05, 3.63) is 52.0 Å². The summed E-state index contributed by atoms with van der Waals surface area (Å²) in [6.45, 7) is 4.54. The Bertz CT molecular complexity index is 1040. The molecule has 0 amide bonds. The first-order valence-corrected chi connectivity index (χ1v) is 9.92. The molecule has 26 heavy (non-hydrogen) atoms. The van der Waals surface area contributed by atoms with Crippen molar-refractivity contribution in [2.75, 3.05) is 4.72 Å². The predicted molar refractivity (Wildman–Crippen MR) is 99.0 cm³/mol. The number of rotatable bonds is 6. The molecular weight excluding hydrogens is 399 g/mol. The monoisotopic (exact) mass is 414 g/mol. The first-order valence-electron chi connectivity index (χ1n) is 7.68. The van der Waals surface area contributed by atoms with Gasteiger partial charge >= 0.3 is 0 Å². The number of aromatic nitrogens is 5. The molecule has 0 saturated heterocycles. The van der Waals surface area contributed by atoms with Crippen LogP contribution >= 0.6 is 23.2 Å². The van der Waals surface area contributed by atoms with Crippen molar-refractivity contribution in [2.24, 2.45) is 0 Å². The molecule has 0 radical (unpaired) electrons. The minimum Gasteiger partial charge on any atom is -0.269 e. The van der Waals surface area contributed by atoms with Crippen LogP contribution in [0.25, 0.3) is 0 Å². The molecule has 0 saturated carbocycles. The summed E-state index contributed by atoms with van der Waals surface area (Å²) in [6.07, 6.45) is 2.75. The molecule has 1 aromatic carbocycles. The first-order chi connectivity index (χ1) is 12.3. The molecule has 0 spiro atoms. The van der Waals surface area contributed by atoms with Gasteiger partial charge in [0.15, 0.2) is 0 Å². The highest BCUT2D eigenvalue weighted by atomic mass is 35.5. The maximum Gasteiger partial charge on any atom is 0.267 e. The highest BCUT2D eigenvalue weighted by molar-refractivity contribution is 7.92. The molecule has 0 aliphatic heterocycles. The van der Waals surface area contributed by atoms with Crippen molar-refractivity contribution in [3.63, 3.8) is 0 Å². The second-order valence-electron chi connectivity index (χ2n) is 5.53. The Labute approximate surface area is 160 Å². The minimum absolute atomic E-state index is 0.0197. The van der Waals surface area contributed by atoms with Gasteiger partial charge in [0.1, 0.15) is 11.2 Å². The minimum atomic E-state index is -3.82. The number of halogens is 2. The standard InChI is InChI=1S/C15H16Cl2N6O2S/c1-3-23-10(2)14(7-19-23)26(24,25)21-15-18-9-22(20-15)8-11-4-5-12(16)13(17)6-11/h4-7,9H,3,8H2,1-2H3,(H,20,21). The van der Waals surface area contributed by atoms with E-state index >= 15 is 0 Å². The van der Waals surface area contributed by atoms with Gasteiger partial charge in [0.25, 0.3) is 16.0 Å². The molecule has 2 heterocycles. The SMILES string of the molecule is CCn1ncc(S(=O)(=O)Nc2ncn(Cc3ccc(Cl)c(Cl)c3)n2)c1C. The van der Waals surface area contributed by atoms with Crippen molar-refractivity contribution < 1.29 is 8.42 Å². The van der Waals surface area contributed by atoms with E-state index in [1.165, 1.54) is 17.2 Å². The van der Waals surface area contributed by atoms with E-state index < -0.39 is 10.0 Å². The Morgan fingerprint density at radius 2 is 2.00 bits per heavy atom. The van der Waals surface area contributed by atoms with Gasteiger partial charge in [-0.3, -0.25) is 4.68 Å². The number of aryl methyl sites for hydroxylation is 1. The quantitative estimate of drug-likeness (QED) is 0.668. The zero-order valence-corrected chi connectivity index (χ0v) is 16.3. The Hall–Kier alpha value is -2.10. The molecule has 0 fully saturated rings. The first kappa shape index (κ1) is 18.7. The summed E-state index contributed by atoms with van der Waals surface area (Å²) in [5, 5.41) is 9.09. The van der Waals surface area contributed by atoms with E-state index in [-0.39, 0.29) is 10.8 Å². The Kier molecular flexibility index (Phi) is 5.22. The van der Waals surface area contributed by atoms with Gasteiger partial charge in [-0.1, -0.05) is 29.3 Å². The summed E-state index contributed by atoms with van der Waals surface area (Å²) >= 11 is 11.9. The number of anilines is 1. The second kappa shape index (κ2) is 7.26. The molecule has 138 valence electrons. The summed E-state index contributed by atoms with van der Waals surface area (Å²) < 4.78 is 30.5. The van der Waals surface area contributed by atoms with Crippen LogP contribution in [0.5, 0.6) is 0 Å². The summed E-state index contributed by atoms with van der Waals surface area (Å²) in [5.41, 5.74) is 1.41. The lowest BCUT2D eigenvalue weighted by Gasteiger charge is -2.05. The molecule has 0 unspecified atom stereocenters. The third-order valence-corrected chi connectivity index (χ3v) is 5.91. The number of benzene rings is 1. The van der Waals surface area contributed by atoms with Gasteiger partial charge in [0.05, 0.1) is 28.5 Å². The van der Waals surface area contributed by atoms with Crippen molar-refractivity contribution >= 4 is 39.2 Å². The summed E-state index contributed by atoms with van der Waals surface area (Å²) in [5.74, 6) is -0.0197. The van der Waals surface area contributed by atoms with Gasteiger partial charge in [0.2, 0.25) is 0 Å². The van der Waals surface area contributed by atoms with Crippen molar-refractivity contribution in [2.45, 2.75) is 31.8 Å². The van der Waals surface area contributed by atoms with Gasteiger partial charge in [-0.05, 0) is 31.5 Å². The fraction of sp³-hybridized carbons (Fsp3) is 0.267. The van der Waals surface area contributed by atoms with E-state index in [2.05, 4.69) is 19.9 Å². The molecule has 2 aromatic heterocycles. The number of nitrogens with zero attached hydrogens (tertiary/aromatic N) is 5. The van der Waals surface area contributed by atoms with E-state index in [0.29, 0.717) is 28.8 Å². The van der Waals surface area contributed by atoms with Crippen LogP contribution in [0.1, 0.15) is 18.2 Å². The van der Waals surface area contributed by atoms with Crippen LogP contribution in [0.4, 0.5) is 5.95 Å². The number of hydrogen-bond donors (Lipinski definition) is 1. The summed E-state index contributed by atoms with van der Waals surface area (Å²) in [7, 11) is -3.82. The van der Waals surface area contributed by atoms with E-state index in [0.717, 1.165) is 5.56 Å². The van der Waals surface area contributed by atoms with Crippen molar-refractivity contribution in [3.8, 4) is 0 Å². The zero-order valence-electron chi connectivity index (χ0n) is 14.0. The maximum absolute atomic E-state index is 12.5.